The molecule has 1 saturated heterocycles. The Morgan fingerprint density at radius 1 is 1.28 bits per heavy atom. The van der Waals surface area contributed by atoms with Crippen molar-refractivity contribution in [3.63, 3.8) is 0 Å². The molecule has 0 bridgehead atoms. The van der Waals surface area contributed by atoms with Crippen molar-refractivity contribution in [2.75, 3.05) is 18.4 Å². The second-order valence-electron chi connectivity index (χ2n) is 5.73. The fraction of sp³-hybridized carbons (Fsp3) is 0.312. The van der Waals surface area contributed by atoms with Gasteiger partial charge in [-0.25, -0.2) is 12.8 Å². The van der Waals surface area contributed by atoms with E-state index in [1.807, 2.05) is 0 Å². The molecule has 0 saturated carbocycles. The minimum Gasteiger partial charge on any atom is -0.455 e. The number of aryl methyl sites for hydroxylation is 1. The first-order valence-electron chi connectivity index (χ1n) is 7.66. The van der Waals surface area contributed by atoms with Crippen LogP contribution in [-0.2, 0) is 10.0 Å². The molecule has 2 aromatic rings. The lowest BCUT2D eigenvalue weighted by Crippen LogP contribution is -2.28. The molecule has 1 amide bonds. The van der Waals surface area contributed by atoms with Crippen LogP contribution in [0.4, 0.5) is 10.1 Å². The number of hydrogen-bond donors (Lipinski definition) is 1. The van der Waals surface area contributed by atoms with Gasteiger partial charge in [0.1, 0.15) is 16.5 Å². The number of amides is 1. The largest absolute Gasteiger partial charge is 0.455 e. The van der Waals surface area contributed by atoms with Crippen LogP contribution >= 0.6 is 11.6 Å². The number of nitrogens with one attached hydrogen (secondary N) is 1. The van der Waals surface area contributed by atoms with Crippen LogP contribution in [0.25, 0.3) is 0 Å². The summed E-state index contributed by atoms with van der Waals surface area (Å²) in [4.78, 5) is 12.3. The fourth-order valence-electron chi connectivity index (χ4n) is 2.67. The number of rotatable bonds is 4. The summed E-state index contributed by atoms with van der Waals surface area (Å²) in [6, 6.07) is 4.93. The molecule has 1 aliphatic rings. The highest BCUT2D eigenvalue weighted by Gasteiger charge is 2.31. The van der Waals surface area contributed by atoms with Crippen molar-refractivity contribution in [3.05, 3.63) is 46.6 Å². The summed E-state index contributed by atoms with van der Waals surface area (Å²) < 4.78 is 45.1. The molecule has 9 heteroatoms. The summed E-state index contributed by atoms with van der Waals surface area (Å²) in [5, 5.41) is 2.36. The third-order valence-electron chi connectivity index (χ3n) is 3.96. The lowest BCUT2D eigenvalue weighted by molar-refractivity contribution is 0.0995. The van der Waals surface area contributed by atoms with E-state index in [2.05, 4.69) is 5.32 Å². The van der Waals surface area contributed by atoms with Crippen LogP contribution in [0.5, 0.6) is 0 Å². The molecular weight excluding hydrogens is 371 g/mol. The van der Waals surface area contributed by atoms with Crippen LogP contribution in [0.15, 0.2) is 33.6 Å². The van der Waals surface area contributed by atoms with Crippen molar-refractivity contribution >= 4 is 33.2 Å². The van der Waals surface area contributed by atoms with E-state index < -0.39 is 21.7 Å². The maximum absolute atomic E-state index is 13.2. The molecule has 1 aromatic heterocycles. The number of furan rings is 1. The zero-order chi connectivity index (χ0) is 18.2. The van der Waals surface area contributed by atoms with E-state index in [1.165, 1.54) is 29.4 Å². The van der Waals surface area contributed by atoms with Gasteiger partial charge in [0.05, 0.1) is 5.02 Å². The minimum absolute atomic E-state index is 0.0170. The molecule has 0 atom stereocenters. The maximum Gasteiger partial charge on any atom is 0.291 e. The Morgan fingerprint density at radius 3 is 2.60 bits per heavy atom. The van der Waals surface area contributed by atoms with E-state index in [4.69, 9.17) is 16.0 Å². The van der Waals surface area contributed by atoms with E-state index in [0.717, 1.165) is 18.9 Å². The molecule has 6 nitrogen and oxygen atoms in total. The van der Waals surface area contributed by atoms with Crippen LogP contribution in [0.3, 0.4) is 0 Å². The highest BCUT2D eigenvalue weighted by molar-refractivity contribution is 7.89. The van der Waals surface area contributed by atoms with E-state index in [0.29, 0.717) is 13.1 Å². The number of benzene rings is 1. The molecular formula is C16H16ClFN2O4S. The second-order valence-corrected chi connectivity index (χ2v) is 8.04. The zero-order valence-electron chi connectivity index (χ0n) is 13.4. The number of anilines is 1. The standard InChI is InChI=1S/C16H16ClFN2O4S/c1-10-15(25(22,23)20-6-2-3-7-20)9-14(24-10)16(21)19-11-4-5-13(18)12(17)8-11/h4-5,8-9H,2-3,6-7H2,1H3,(H,19,21). The molecule has 1 fully saturated rings. The quantitative estimate of drug-likeness (QED) is 0.873. The third kappa shape index (κ3) is 3.56. The molecule has 2 heterocycles. The van der Waals surface area contributed by atoms with Crippen LogP contribution in [0.2, 0.25) is 5.02 Å². The summed E-state index contributed by atoms with van der Waals surface area (Å²) in [5.74, 6) is -1.24. The van der Waals surface area contributed by atoms with E-state index in [-0.39, 0.29) is 27.1 Å². The van der Waals surface area contributed by atoms with Gasteiger partial charge in [0.2, 0.25) is 10.0 Å². The second kappa shape index (κ2) is 6.78. The average Bonchev–Trinajstić information content (AvgIpc) is 3.21. The Kier molecular flexibility index (Phi) is 4.86. The van der Waals surface area contributed by atoms with Gasteiger partial charge in [-0.1, -0.05) is 11.6 Å². The van der Waals surface area contributed by atoms with E-state index >= 15 is 0 Å². The first-order valence-corrected chi connectivity index (χ1v) is 9.48. The maximum atomic E-state index is 13.2. The molecule has 3 rings (SSSR count). The molecule has 0 unspecified atom stereocenters. The predicted octanol–water partition coefficient (Wildman–Crippen LogP) is 3.42. The molecule has 1 aliphatic heterocycles. The average molecular weight is 387 g/mol. The number of carbonyl (C=O) groups excluding carboxylic acids is 1. The van der Waals surface area contributed by atoms with Crippen molar-refractivity contribution in [2.24, 2.45) is 0 Å². The summed E-state index contributed by atoms with van der Waals surface area (Å²) >= 11 is 5.67. The zero-order valence-corrected chi connectivity index (χ0v) is 15.0. The van der Waals surface area contributed by atoms with Crippen LogP contribution in [-0.4, -0.2) is 31.7 Å². The number of hydrogen-bond acceptors (Lipinski definition) is 4. The monoisotopic (exact) mass is 386 g/mol. The Bertz CT molecular complexity index is 920. The van der Waals surface area contributed by atoms with Gasteiger partial charge < -0.3 is 9.73 Å². The van der Waals surface area contributed by atoms with Crippen molar-refractivity contribution in [2.45, 2.75) is 24.7 Å². The molecule has 134 valence electrons. The number of carbonyl (C=O) groups is 1. The lowest BCUT2D eigenvalue weighted by atomic mass is 10.3. The summed E-state index contributed by atoms with van der Waals surface area (Å²) in [7, 11) is -3.68. The lowest BCUT2D eigenvalue weighted by Gasteiger charge is -2.14. The van der Waals surface area contributed by atoms with Gasteiger partial charge >= 0.3 is 0 Å². The third-order valence-corrected chi connectivity index (χ3v) is 6.25. The molecule has 0 radical (unpaired) electrons. The topological polar surface area (TPSA) is 79.6 Å². The fourth-order valence-corrected chi connectivity index (χ4v) is 4.53. The van der Waals surface area contributed by atoms with Crippen LogP contribution in [0.1, 0.15) is 29.2 Å². The molecule has 0 aliphatic carbocycles. The van der Waals surface area contributed by atoms with Gasteiger partial charge in [-0.05, 0) is 38.0 Å². The summed E-state index contributed by atoms with van der Waals surface area (Å²) in [5.41, 5.74) is 0.273. The SMILES string of the molecule is Cc1oc(C(=O)Nc2ccc(F)c(Cl)c2)cc1S(=O)(=O)N1CCCC1. The van der Waals surface area contributed by atoms with Gasteiger partial charge in [-0.3, -0.25) is 4.79 Å². The Morgan fingerprint density at radius 2 is 1.96 bits per heavy atom. The number of sulfonamides is 1. The minimum atomic E-state index is -3.68. The Balaban J connectivity index is 1.84. The molecule has 1 aromatic carbocycles. The van der Waals surface area contributed by atoms with Gasteiger partial charge in [0.25, 0.3) is 5.91 Å². The van der Waals surface area contributed by atoms with E-state index in [9.17, 15) is 17.6 Å². The first-order chi connectivity index (χ1) is 11.8. The van der Waals surface area contributed by atoms with Crippen molar-refractivity contribution in [1.82, 2.24) is 4.31 Å². The molecule has 25 heavy (non-hydrogen) atoms. The summed E-state index contributed by atoms with van der Waals surface area (Å²) in [6.45, 7) is 2.42. The highest BCUT2D eigenvalue weighted by atomic mass is 35.5. The van der Waals surface area contributed by atoms with Gasteiger partial charge in [-0.2, -0.15) is 4.31 Å². The van der Waals surface area contributed by atoms with E-state index in [1.54, 1.807) is 0 Å². The van der Waals surface area contributed by atoms with Crippen molar-refractivity contribution in [3.8, 4) is 0 Å². The molecule has 1 N–H and O–H groups in total. The normalized spacial score (nSPS) is 15.5. The first kappa shape index (κ1) is 17.9. The van der Waals surface area contributed by atoms with Crippen LogP contribution < -0.4 is 5.32 Å². The number of nitrogens with zero attached hydrogens (tertiary/aromatic N) is 1. The Labute approximate surface area is 149 Å². The van der Waals surface area contributed by atoms with Gasteiger partial charge in [-0.15, -0.1) is 0 Å². The summed E-state index contributed by atoms with van der Waals surface area (Å²) in [6.07, 6.45) is 1.63. The van der Waals surface area contributed by atoms with Crippen LogP contribution in [0, 0.1) is 12.7 Å². The smallest absolute Gasteiger partial charge is 0.291 e. The van der Waals surface area contributed by atoms with Gasteiger partial charge in [0, 0.05) is 24.8 Å². The van der Waals surface area contributed by atoms with Gasteiger partial charge in [0.15, 0.2) is 5.76 Å². The number of halogens is 2. The predicted molar refractivity (Wildman–Crippen MR) is 90.8 cm³/mol. The Hall–Kier alpha value is -1.90. The highest BCUT2D eigenvalue weighted by Crippen LogP contribution is 2.27. The van der Waals surface area contributed by atoms with Crippen molar-refractivity contribution < 1.29 is 22.0 Å². The van der Waals surface area contributed by atoms with Crippen molar-refractivity contribution in [1.29, 1.82) is 0 Å². The molecule has 0 spiro atoms.